The minimum atomic E-state index is 0.745. The Balaban J connectivity index is 1.97. The minimum absolute atomic E-state index is 0.745. The van der Waals surface area contributed by atoms with E-state index in [4.69, 9.17) is 0 Å². The smallest absolute Gasteiger partial charge is 0.0458 e. The molecule has 2 N–H and O–H groups in total. The van der Waals surface area contributed by atoms with Crippen molar-refractivity contribution in [1.29, 1.82) is 0 Å². The van der Waals surface area contributed by atoms with Crippen LogP contribution in [0, 0.1) is 6.92 Å². The maximum atomic E-state index is 3.42. The SMILES string of the molecule is Cc1cc2ccc(C3CCNCC3)cc2[nH]1. The molecule has 1 aromatic heterocycles. The van der Waals surface area contributed by atoms with Crippen LogP contribution in [0.5, 0.6) is 0 Å². The van der Waals surface area contributed by atoms with Crippen LogP contribution in [0.2, 0.25) is 0 Å². The zero-order valence-corrected chi connectivity index (χ0v) is 9.72. The number of hydrogen-bond donors (Lipinski definition) is 2. The highest BCUT2D eigenvalue weighted by atomic mass is 14.9. The Kier molecular flexibility index (Phi) is 2.44. The molecule has 2 heterocycles. The first-order valence-electron chi connectivity index (χ1n) is 6.13. The molecule has 0 saturated carbocycles. The molecule has 0 radical (unpaired) electrons. The van der Waals surface area contributed by atoms with Gasteiger partial charge in [0.05, 0.1) is 0 Å². The highest BCUT2D eigenvalue weighted by molar-refractivity contribution is 5.81. The van der Waals surface area contributed by atoms with E-state index in [1.54, 1.807) is 0 Å². The summed E-state index contributed by atoms with van der Waals surface area (Å²) in [6.45, 7) is 4.43. The summed E-state index contributed by atoms with van der Waals surface area (Å²) in [7, 11) is 0. The van der Waals surface area contributed by atoms with Crippen LogP contribution in [-0.2, 0) is 0 Å². The van der Waals surface area contributed by atoms with Gasteiger partial charge in [-0.05, 0) is 61.9 Å². The van der Waals surface area contributed by atoms with Crippen LogP contribution in [0.15, 0.2) is 24.3 Å². The first-order chi connectivity index (χ1) is 7.83. The van der Waals surface area contributed by atoms with E-state index in [1.165, 1.54) is 35.0 Å². The van der Waals surface area contributed by atoms with Crippen molar-refractivity contribution in [2.45, 2.75) is 25.7 Å². The van der Waals surface area contributed by atoms with Crippen LogP contribution in [0.3, 0.4) is 0 Å². The fraction of sp³-hybridized carbons (Fsp3) is 0.429. The third-order valence-electron chi connectivity index (χ3n) is 3.59. The van der Waals surface area contributed by atoms with Gasteiger partial charge in [-0.3, -0.25) is 0 Å². The summed E-state index contributed by atoms with van der Waals surface area (Å²) >= 11 is 0. The standard InChI is InChI=1S/C14H18N2/c1-10-8-13-3-2-12(9-14(13)16-10)11-4-6-15-7-5-11/h2-3,8-9,11,15-16H,4-7H2,1H3. The average Bonchev–Trinajstić information content (AvgIpc) is 2.69. The Morgan fingerprint density at radius 1 is 1.12 bits per heavy atom. The summed E-state index contributed by atoms with van der Waals surface area (Å²) in [4.78, 5) is 3.42. The number of aromatic amines is 1. The molecule has 84 valence electrons. The van der Waals surface area contributed by atoms with Gasteiger partial charge in [0.25, 0.3) is 0 Å². The molecule has 1 saturated heterocycles. The summed E-state index contributed by atoms with van der Waals surface area (Å²) in [6.07, 6.45) is 2.54. The molecular formula is C14H18N2. The molecule has 0 aliphatic carbocycles. The van der Waals surface area contributed by atoms with Crippen LogP contribution < -0.4 is 5.32 Å². The van der Waals surface area contributed by atoms with Crippen LogP contribution in [0.1, 0.15) is 30.0 Å². The topological polar surface area (TPSA) is 27.8 Å². The Morgan fingerprint density at radius 2 is 1.94 bits per heavy atom. The van der Waals surface area contributed by atoms with E-state index in [0.29, 0.717) is 0 Å². The molecular weight excluding hydrogens is 196 g/mol. The monoisotopic (exact) mass is 214 g/mol. The number of aromatic nitrogens is 1. The molecule has 16 heavy (non-hydrogen) atoms. The summed E-state index contributed by atoms with van der Waals surface area (Å²) in [6, 6.07) is 9.08. The van der Waals surface area contributed by atoms with Crippen molar-refractivity contribution in [2.75, 3.05) is 13.1 Å². The Bertz CT molecular complexity index is 492. The maximum absolute atomic E-state index is 3.42. The Labute approximate surface area is 96.1 Å². The lowest BCUT2D eigenvalue weighted by Crippen LogP contribution is -2.26. The molecule has 0 atom stereocenters. The van der Waals surface area contributed by atoms with E-state index >= 15 is 0 Å². The summed E-state index contributed by atoms with van der Waals surface area (Å²) in [5.74, 6) is 0.745. The van der Waals surface area contributed by atoms with Crippen LogP contribution in [0.25, 0.3) is 10.9 Å². The minimum Gasteiger partial charge on any atom is -0.359 e. The van der Waals surface area contributed by atoms with Gasteiger partial charge in [0, 0.05) is 11.2 Å². The van der Waals surface area contributed by atoms with Gasteiger partial charge in [0.2, 0.25) is 0 Å². The van der Waals surface area contributed by atoms with E-state index in [1.807, 2.05) is 0 Å². The highest BCUT2D eigenvalue weighted by Gasteiger charge is 2.15. The van der Waals surface area contributed by atoms with E-state index < -0.39 is 0 Å². The second-order valence-corrected chi connectivity index (χ2v) is 4.82. The van der Waals surface area contributed by atoms with E-state index in [-0.39, 0.29) is 0 Å². The molecule has 0 bridgehead atoms. The number of fused-ring (bicyclic) bond motifs is 1. The molecule has 0 unspecified atom stereocenters. The van der Waals surface area contributed by atoms with Crippen LogP contribution >= 0.6 is 0 Å². The van der Waals surface area contributed by atoms with Crippen LogP contribution in [-0.4, -0.2) is 18.1 Å². The third kappa shape index (κ3) is 1.74. The molecule has 2 heteroatoms. The zero-order valence-electron chi connectivity index (χ0n) is 9.72. The van der Waals surface area contributed by atoms with Gasteiger partial charge < -0.3 is 10.3 Å². The zero-order chi connectivity index (χ0) is 11.0. The molecule has 0 amide bonds. The van der Waals surface area contributed by atoms with E-state index in [2.05, 4.69) is 41.5 Å². The predicted molar refractivity (Wildman–Crippen MR) is 67.9 cm³/mol. The fourth-order valence-electron chi connectivity index (χ4n) is 2.70. The average molecular weight is 214 g/mol. The number of H-pyrrole nitrogens is 1. The lowest BCUT2D eigenvalue weighted by Gasteiger charge is -2.22. The van der Waals surface area contributed by atoms with Crippen LogP contribution in [0.4, 0.5) is 0 Å². The number of aryl methyl sites for hydroxylation is 1. The van der Waals surface area contributed by atoms with Crippen molar-refractivity contribution in [1.82, 2.24) is 10.3 Å². The number of hydrogen-bond acceptors (Lipinski definition) is 1. The highest BCUT2D eigenvalue weighted by Crippen LogP contribution is 2.27. The molecule has 1 aromatic carbocycles. The predicted octanol–water partition coefficient (Wildman–Crippen LogP) is 2.94. The van der Waals surface area contributed by atoms with Crippen molar-refractivity contribution in [2.24, 2.45) is 0 Å². The molecule has 1 aliphatic heterocycles. The van der Waals surface area contributed by atoms with Crippen molar-refractivity contribution in [3.05, 3.63) is 35.5 Å². The van der Waals surface area contributed by atoms with Crippen molar-refractivity contribution in [3.8, 4) is 0 Å². The lowest BCUT2D eigenvalue weighted by atomic mass is 9.90. The summed E-state index contributed by atoms with van der Waals surface area (Å²) in [5, 5.41) is 4.75. The van der Waals surface area contributed by atoms with Crippen molar-refractivity contribution in [3.63, 3.8) is 0 Å². The lowest BCUT2D eigenvalue weighted by molar-refractivity contribution is 0.460. The fourth-order valence-corrected chi connectivity index (χ4v) is 2.70. The largest absolute Gasteiger partial charge is 0.359 e. The van der Waals surface area contributed by atoms with Crippen molar-refractivity contribution < 1.29 is 0 Å². The molecule has 2 nitrogen and oxygen atoms in total. The van der Waals surface area contributed by atoms with Gasteiger partial charge in [0.1, 0.15) is 0 Å². The second-order valence-electron chi connectivity index (χ2n) is 4.82. The summed E-state index contributed by atoms with van der Waals surface area (Å²) in [5.41, 5.74) is 4.03. The van der Waals surface area contributed by atoms with E-state index in [0.717, 1.165) is 19.0 Å². The number of nitrogens with one attached hydrogen (secondary N) is 2. The normalized spacial score (nSPS) is 18.1. The number of rotatable bonds is 1. The molecule has 1 fully saturated rings. The first-order valence-corrected chi connectivity index (χ1v) is 6.13. The number of piperidine rings is 1. The van der Waals surface area contributed by atoms with Gasteiger partial charge in [-0.25, -0.2) is 0 Å². The molecule has 0 spiro atoms. The van der Waals surface area contributed by atoms with Gasteiger partial charge >= 0.3 is 0 Å². The Morgan fingerprint density at radius 3 is 2.75 bits per heavy atom. The molecule has 2 aromatic rings. The summed E-state index contributed by atoms with van der Waals surface area (Å²) < 4.78 is 0. The quantitative estimate of drug-likeness (QED) is 0.750. The maximum Gasteiger partial charge on any atom is 0.0458 e. The van der Waals surface area contributed by atoms with E-state index in [9.17, 15) is 0 Å². The molecule has 1 aliphatic rings. The third-order valence-corrected chi connectivity index (χ3v) is 3.59. The van der Waals surface area contributed by atoms with Gasteiger partial charge in [-0.1, -0.05) is 12.1 Å². The van der Waals surface area contributed by atoms with Gasteiger partial charge in [0.15, 0.2) is 0 Å². The van der Waals surface area contributed by atoms with Gasteiger partial charge in [-0.15, -0.1) is 0 Å². The number of benzene rings is 1. The second kappa shape index (κ2) is 3.95. The van der Waals surface area contributed by atoms with Gasteiger partial charge in [-0.2, -0.15) is 0 Å². The first kappa shape index (κ1) is 9.91. The molecule has 3 rings (SSSR count). The van der Waals surface area contributed by atoms with Crippen molar-refractivity contribution >= 4 is 10.9 Å². The Hall–Kier alpha value is -1.28.